The van der Waals surface area contributed by atoms with Gasteiger partial charge in [-0.2, -0.15) is 5.10 Å². The minimum atomic E-state index is 0.475. The van der Waals surface area contributed by atoms with Gasteiger partial charge >= 0.3 is 0 Å². The molecule has 1 aromatic carbocycles. The second-order valence-electron chi connectivity index (χ2n) is 5.74. The second kappa shape index (κ2) is 8.57. The predicted octanol–water partition coefficient (Wildman–Crippen LogP) is 2.50. The number of nitrogens with one attached hydrogen (secondary N) is 2. The van der Waals surface area contributed by atoms with Crippen molar-refractivity contribution in [2.45, 2.75) is 26.9 Å². The van der Waals surface area contributed by atoms with E-state index in [-0.39, 0.29) is 0 Å². The molecule has 2 N–H and O–H groups in total. The molecule has 0 aliphatic carbocycles. The number of thiazole rings is 1. The summed E-state index contributed by atoms with van der Waals surface area (Å²) in [4.78, 5) is 14.7. The molecule has 7 nitrogen and oxygen atoms in total. The van der Waals surface area contributed by atoms with Gasteiger partial charge in [0.2, 0.25) is 0 Å². The van der Waals surface area contributed by atoms with Gasteiger partial charge in [-0.3, -0.25) is 4.68 Å². The van der Waals surface area contributed by atoms with Crippen LogP contribution in [0.5, 0.6) is 0 Å². The fraction of sp³-hybridized carbons (Fsp3) is 0.333. The van der Waals surface area contributed by atoms with Gasteiger partial charge in [0.1, 0.15) is 23.7 Å². The first-order valence-electron chi connectivity index (χ1n) is 8.54. The number of hydrogen-bond donors (Lipinski definition) is 2. The van der Waals surface area contributed by atoms with Gasteiger partial charge in [0, 0.05) is 24.0 Å². The quantitative estimate of drug-likeness (QED) is 0.515. The van der Waals surface area contributed by atoms with Gasteiger partial charge in [0.25, 0.3) is 0 Å². The minimum absolute atomic E-state index is 0.475. The normalized spacial score (nSPS) is 11.6. The van der Waals surface area contributed by atoms with E-state index in [0.29, 0.717) is 13.1 Å². The van der Waals surface area contributed by atoms with Crippen LogP contribution in [0, 0.1) is 6.92 Å². The molecule has 136 valence electrons. The molecule has 0 saturated carbocycles. The Morgan fingerprint density at radius 3 is 2.73 bits per heavy atom. The molecular weight excluding hydrogens is 346 g/mol. The molecule has 0 fully saturated rings. The van der Waals surface area contributed by atoms with E-state index >= 15 is 0 Å². The molecule has 0 amide bonds. The third kappa shape index (κ3) is 4.45. The summed E-state index contributed by atoms with van der Waals surface area (Å²) in [5.74, 6) is 1.58. The lowest BCUT2D eigenvalue weighted by atomic mass is 10.2. The molecule has 0 unspecified atom stereocenters. The van der Waals surface area contributed by atoms with Gasteiger partial charge in [-0.15, -0.1) is 11.3 Å². The number of benzene rings is 1. The van der Waals surface area contributed by atoms with Crippen LogP contribution in [0.25, 0.3) is 10.6 Å². The maximum atomic E-state index is 4.70. The largest absolute Gasteiger partial charge is 0.357 e. The molecule has 2 aromatic heterocycles. The predicted molar refractivity (Wildman–Crippen MR) is 105 cm³/mol. The third-order valence-corrected chi connectivity index (χ3v) is 5.06. The minimum Gasteiger partial charge on any atom is -0.357 e. The highest BCUT2D eigenvalue weighted by Crippen LogP contribution is 2.27. The number of nitrogens with zero attached hydrogens (tertiary/aromatic N) is 5. The summed E-state index contributed by atoms with van der Waals surface area (Å²) in [6.45, 7) is 6.04. The lowest BCUT2D eigenvalue weighted by molar-refractivity contribution is 0.697. The summed E-state index contributed by atoms with van der Waals surface area (Å²) in [7, 11) is 1.87. The van der Waals surface area contributed by atoms with Crippen molar-refractivity contribution in [3.8, 4) is 10.6 Å². The monoisotopic (exact) mass is 369 g/mol. The molecule has 26 heavy (non-hydrogen) atoms. The van der Waals surface area contributed by atoms with E-state index in [4.69, 9.17) is 4.98 Å². The van der Waals surface area contributed by atoms with Crippen LogP contribution in [0.2, 0.25) is 0 Å². The van der Waals surface area contributed by atoms with Crippen molar-refractivity contribution in [2.24, 2.45) is 12.0 Å². The maximum Gasteiger partial charge on any atom is 0.191 e. The Morgan fingerprint density at radius 1 is 1.23 bits per heavy atom. The van der Waals surface area contributed by atoms with Crippen molar-refractivity contribution in [3.63, 3.8) is 0 Å². The molecule has 0 aliphatic heterocycles. The van der Waals surface area contributed by atoms with E-state index < -0.39 is 0 Å². The first-order valence-corrected chi connectivity index (χ1v) is 9.35. The van der Waals surface area contributed by atoms with Crippen LogP contribution >= 0.6 is 11.3 Å². The maximum absolute atomic E-state index is 4.70. The molecular formula is C18H23N7S. The Bertz CT molecular complexity index is 867. The Kier molecular flexibility index (Phi) is 5.96. The van der Waals surface area contributed by atoms with Crippen LogP contribution in [0.1, 0.15) is 23.3 Å². The summed E-state index contributed by atoms with van der Waals surface area (Å²) in [6.07, 6.45) is 1.54. The molecule has 3 aromatic rings. The third-order valence-electron chi connectivity index (χ3n) is 3.86. The topological polar surface area (TPSA) is 80.0 Å². The van der Waals surface area contributed by atoms with Gasteiger partial charge < -0.3 is 10.6 Å². The molecule has 0 spiro atoms. The zero-order chi connectivity index (χ0) is 18.4. The molecule has 0 atom stereocenters. The van der Waals surface area contributed by atoms with Crippen molar-refractivity contribution in [1.29, 1.82) is 0 Å². The Morgan fingerprint density at radius 2 is 2.04 bits per heavy atom. The number of hydrogen-bond acceptors (Lipinski definition) is 5. The van der Waals surface area contributed by atoms with Crippen LogP contribution in [-0.2, 0) is 20.1 Å². The van der Waals surface area contributed by atoms with Gasteiger partial charge in [-0.25, -0.2) is 15.0 Å². The molecule has 0 bridgehead atoms. The number of aromatic nitrogens is 4. The van der Waals surface area contributed by atoms with E-state index in [1.54, 1.807) is 16.0 Å². The number of aryl methyl sites for hydroxylation is 2. The molecule has 0 radical (unpaired) electrons. The van der Waals surface area contributed by atoms with Crippen molar-refractivity contribution in [3.05, 3.63) is 53.1 Å². The first-order chi connectivity index (χ1) is 12.7. The fourth-order valence-corrected chi connectivity index (χ4v) is 3.42. The number of rotatable bonds is 6. The highest BCUT2D eigenvalue weighted by molar-refractivity contribution is 7.15. The fourth-order valence-electron chi connectivity index (χ4n) is 2.42. The zero-order valence-corrected chi connectivity index (χ0v) is 16.0. The summed E-state index contributed by atoms with van der Waals surface area (Å²) in [5.41, 5.74) is 2.19. The Balaban J connectivity index is 1.67. The van der Waals surface area contributed by atoms with Gasteiger partial charge in [0.05, 0.1) is 12.2 Å². The molecule has 2 heterocycles. The highest BCUT2D eigenvalue weighted by atomic mass is 32.1. The zero-order valence-electron chi connectivity index (χ0n) is 15.2. The van der Waals surface area contributed by atoms with E-state index in [2.05, 4.69) is 37.8 Å². The van der Waals surface area contributed by atoms with E-state index in [1.165, 1.54) is 11.2 Å². The lowest BCUT2D eigenvalue weighted by Crippen LogP contribution is -2.36. The Hall–Kier alpha value is -2.74. The molecule has 3 rings (SSSR count). The van der Waals surface area contributed by atoms with Crippen LogP contribution in [0.4, 0.5) is 0 Å². The van der Waals surface area contributed by atoms with Gasteiger partial charge in [-0.1, -0.05) is 30.3 Å². The molecule has 0 saturated heterocycles. The average molecular weight is 369 g/mol. The molecule has 8 heteroatoms. The van der Waals surface area contributed by atoms with Crippen LogP contribution in [0.3, 0.4) is 0 Å². The number of guanidine groups is 1. The average Bonchev–Trinajstić information content (AvgIpc) is 3.23. The van der Waals surface area contributed by atoms with Crippen molar-refractivity contribution < 1.29 is 0 Å². The van der Waals surface area contributed by atoms with Gasteiger partial charge in [0.15, 0.2) is 5.96 Å². The second-order valence-corrected chi connectivity index (χ2v) is 6.83. The van der Waals surface area contributed by atoms with Crippen LogP contribution < -0.4 is 10.6 Å². The standard InChI is InChI=1S/C18H23N7S/c1-4-19-18(21-11-16-22-12-23-25(16)3)20-10-15-13(2)24-17(26-15)14-8-6-5-7-9-14/h5-9,12H,4,10-11H2,1-3H3,(H2,19,20,21). The summed E-state index contributed by atoms with van der Waals surface area (Å²) < 4.78 is 1.73. The Labute approximate surface area is 157 Å². The highest BCUT2D eigenvalue weighted by Gasteiger charge is 2.10. The van der Waals surface area contributed by atoms with Crippen molar-refractivity contribution >= 4 is 17.3 Å². The van der Waals surface area contributed by atoms with Crippen molar-refractivity contribution in [2.75, 3.05) is 6.54 Å². The molecule has 0 aliphatic rings. The number of aliphatic imine (C=N–C) groups is 1. The van der Waals surface area contributed by atoms with Gasteiger partial charge in [-0.05, 0) is 13.8 Å². The van der Waals surface area contributed by atoms with E-state index in [9.17, 15) is 0 Å². The van der Waals surface area contributed by atoms with Crippen molar-refractivity contribution in [1.82, 2.24) is 30.4 Å². The van der Waals surface area contributed by atoms with E-state index in [0.717, 1.165) is 34.6 Å². The van der Waals surface area contributed by atoms with Crippen LogP contribution in [0.15, 0.2) is 41.7 Å². The SMILES string of the molecule is CCNC(=NCc1ncnn1C)NCc1sc(-c2ccccc2)nc1C. The first kappa shape index (κ1) is 18.1. The summed E-state index contributed by atoms with van der Waals surface area (Å²) >= 11 is 1.71. The lowest BCUT2D eigenvalue weighted by Gasteiger charge is -2.10. The summed E-state index contributed by atoms with van der Waals surface area (Å²) in [6, 6.07) is 10.3. The summed E-state index contributed by atoms with van der Waals surface area (Å²) in [5, 5.41) is 11.7. The van der Waals surface area contributed by atoms with Crippen LogP contribution in [-0.4, -0.2) is 32.3 Å². The smallest absolute Gasteiger partial charge is 0.191 e. The van der Waals surface area contributed by atoms with E-state index in [1.807, 2.05) is 39.1 Å².